The molecule has 0 saturated heterocycles. The minimum Gasteiger partial charge on any atom is -0.503 e. The molecule has 148 valence electrons. The van der Waals surface area contributed by atoms with Gasteiger partial charge >= 0.3 is 0 Å². The number of phenolic OH excluding ortho intramolecular Hbond substituents is 1. The van der Waals surface area contributed by atoms with Crippen LogP contribution in [0.4, 0.5) is 5.69 Å². The van der Waals surface area contributed by atoms with Gasteiger partial charge in [-0.05, 0) is 64.8 Å². The van der Waals surface area contributed by atoms with Crippen LogP contribution >= 0.6 is 15.9 Å². The maximum Gasteiger partial charge on any atom is 0.252 e. The highest BCUT2D eigenvalue weighted by molar-refractivity contribution is 9.10. The number of halogens is 1. The lowest BCUT2D eigenvalue weighted by molar-refractivity contribution is -0.131. The van der Waals surface area contributed by atoms with E-state index in [1.807, 2.05) is 0 Å². The van der Waals surface area contributed by atoms with Crippen molar-refractivity contribution in [2.45, 2.75) is 6.92 Å². The Morgan fingerprint density at radius 2 is 1.82 bits per heavy atom. The summed E-state index contributed by atoms with van der Waals surface area (Å²) in [6.45, 7) is 1.48. The number of phenols is 1. The second-order valence-electron chi connectivity index (χ2n) is 5.73. The Kier molecular flexibility index (Phi) is 7.39. The van der Waals surface area contributed by atoms with Crippen LogP contribution in [0.1, 0.15) is 12.5 Å². The second-order valence-corrected chi connectivity index (χ2v) is 6.58. The average Bonchev–Trinajstić information content (AvgIpc) is 2.70. The van der Waals surface area contributed by atoms with E-state index in [9.17, 15) is 14.7 Å². The molecule has 1 atom stereocenters. The van der Waals surface area contributed by atoms with Gasteiger partial charge in [-0.1, -0.05) is 0 Å². The van der Waals surface area contributed by atoms with Crippen molar-refractivity contribution in [3.8, 4) is 17.2 Å². The largest absolute Gasteiger partial charge is 0.503 e. The fourth-order valence-corrected chi connectivity index (χ4v) is 2.59. The van der Waals surface area contributed by atoms with E-state index in [-0.39, 0.29) is 11.5 Å². The fourth-order valence-electron chi connectivity index (χ4n) is 2.14. The maximum atomic E-state index is 12.2. The molecule has 2 aromatic rings. The van der Waals surface area contributed by atoms with Crippen LogP contribution in [0.15, 0.2) is 46.0 Å². The van der Waals surface area contributed by atoms with Crippen LogP contribution in [0.3, 0.4) is 0 Å². The van der Waals surface area contributed by atoms with Crippen LogP contribution in [0.25, 0.3) is 0 Å². The lowest BCUT2D eigenvalue weighted by Crippen LogP contribution is -2.34. The third kappa shape index (κ3) is 5.46. The van der Waals surface area contributed by atoms with Crippen molar-refractivity contribution in [3.63, 3.8) is 0 Å². The van der Waals surface area contributed by atoms with Crippen LogP contribution in [-0.2, 0) is 9.59 Å². The summed E-state index contributed by atoms with van der Waals surface area (Å²) < 4.78 is 10.5. The van der Waals surface area contributed by atoms with Crippen LogP contribution in [0.5, 0.6) is 17.2 Å². The number of anilines is 1. The number of amides is 2. The van der Waals surface area contributed by atoms with Gasteiger partial charge < -0.3 is 19.9 Å². The van der Waals surface area contributed by atoms with Gasteiger partial charge in [0.25, 0.3) is 5.91 Å². The van der Waals surface area contributed by atoms with Gasteiger partial charge in [0.05, 0.1) is 24.9 Å². The number of hydrogen-bond donors (Lipinski definition) is 3. The zero-order chi connectivity index (χ0) is 20.7. The summed E-state index contributed by atoms with van der Waals surface area (Å²) in [5.74, 6) is -1.10. The van der Waals surface area contributed by atoms with Gasteiger partial charge in [-0.2, -0.15) is 5.10 Å². The van der Waals surface area contributed by atoms with Gasteiger partial charge in [0.15, 0.2) is 11.5 Å². The zero-order valence-electron chi connectivity index (χ0n) is 15.5. The highest BCUT2D eigenvalue weighted by atomic mass is 79.9. The number of carbonyl (C=O) groups excluding carboxylic acids is 2. The van der Waals surface area contributed by atoms with Crippen LogP contribution in [0.2, 0.25) is 0 Å². The summed E-state index contributed by atoms with van der Waals surface area (Å²) in [7, 11) is 2.97. The van der Waals surface area contributed by atoms with Gasteiger partial charge in [0.1, 0.15) is 11.7 Å². The predicted molar refractivity (Wildman–Crippen MR) is 109 cm³/mol. The second kappa shape index (κ2) is 9.75. The fraction of sp³-hybridized carbons (Fsp3) is 0.211. The summed E-state index contributed by atoms with van der Waals surface area (Å²) in [5.41, 5.74) is 3.45. The van der Waals surface area contributed by atoms with Crippen LogP contribution in [0, 0.1) is 5.92 Å². The number of benzene rings is 2. The van der Waals surface area contributed by atoms with E-state index in [2.05, 4.69) is 31.8 Å². The quantitative estimate of drug-likeness (QED) is 0.342. The highest BCUT2D eigenvalue weighted by Gasteiger charge is 2.21. The Hall–Kier alpha value is -3.07. The van der Waals surface area contributed by atoms with Crippen LogP contribution in [-0.4, -0.2) is 37.4 Å². The topological polar surface area (TPSA) is 109 Å². The van der Waals surface area contributed by atoms with Crippen LogP contribution < -0.4 is 20.2 Å². The maximum absolute atomic E-state index is 12.2. The zero-order valence-corrected chi connectivity index (χ0v) is 17.1. The molecule has 0 heterocycles. The third-order valence-corrected chi connectivity index (χ3v) is 4.41. The van der Waals surface area contributed by atoms with Crippen molar-refractivity contribution < 1.29 is 24.2 Å². The van der Waals surface area contributed by atoms with Gasteiger partial charge in [0.2, 0.25) is 5.91 Å². The first-order chi connectivity index (χ1) is 13.3. The molecule has 1 unspecified atom stereocenters. The van der Waals surface area contributed by atoms with E-state index in [1.165, 1.54) is 20.2 Å². The number of rotatable bonds is 7. The molecule has 0 spiro atoms. The highest BCUT2D eigenvalue weighted by Crippen LogP contribution is 2.34. The monoisotopic (exact) mass is 449 g/mol. The number of nitrogens with one attached hydrogen (secondary N) is 2. The molecule has 0 aromatic heterocycles. The molecule has 0 fully saturated rings. The molecule has 2 aromatic carbocycles. The number of hydrogen-bond acceptors (Lipinski definition) is 6. The predicted octanol–water partition coefficient (Wildman–Crippen LogP) is 2.90. The van der Waals surface area contributed by atoms with Crippen molar-refractivity contribution >= 4 is 39.6 Å². The summed E-state index contributed by atoms with van der Waals surface area (Å²) in [6, 6.07) is 9.91. The Morgan fingerprint density at radius 1 is 1.14 bits per heavy atom. The van der Waals surface area contributed by atoms with Crippen molar-refractivity contribution in [2.75, 3.05) is 19.5 Å². The molecule has 0 bridgehead atoms. The Balaban J connectivity index is 1.95. The first-order valence-electron chi connectivity index (χ1n) is 8.20. The minimum atomic E-state index is -0.958. The molecular formula is C19H20BrN3O5. The number of ether oxygens (including phenoxy) is 2. The molecule has 3 N–H and O–H groups in total. The molecule has 2 rings (SSSR count). The van der Waals surface area contributed by atoms with Gasteiger partial charge in [-0.25, -0.2) is 5.43 Å². The SMILES string of the molecule is COc1ccc(NC(=O)C(C)C(=O)N/N=C/c2cc(Br)c(O)c(OC)c2)cc1. The Labute approximate surface area is 170 Å². The molecule has 8 nitrogen and oxygen atoms in total. The minimum absolute atomic E-state index is 0.0347. The summed E-state index contributed by atoms with van der Waals surface area (Å²) >= 11 is 3.20. The molecule has 2 amide bonds. The average molecular weight is 450 g/mol. The van der Waals surface area contributed by atoms with Crippen molar-refractivity contribution in [2.24, 2.45) is 11.0 Å². The Morgan fingerprint density at radius 3 is 2.43 bits per heavy atom. The number of nitrogens with zero attached hydrogens (tertiary/aromatic N) is 1. The van der Waals surface area contributed by atoms with E-state index >= 15 is 0 Å². The summed E-state index contributed by atoms with van der Waals surface area (Å²) in [4.78, 5) is 24.3. The molecule has 0 aliphatic rings. The first-order valence-corrected chi connectivity index (χ1v) is 8.99. The van der Waals surface area contributed by atoms with E-state index in [1.54, 1.807) is 43.5 Å². The van der Waals surface area contributed by atoms with E-state index < -0.39 is 17.7 Å². The summed E-state index contributed by atoms with van der Waals surface area (Å²) in [6.07, 6.45) is 1.37. The number of hydrazone groups is 1. The van der Waals surface area contributed by atoms with Gasteiger partial charge in [-0.3, -0.25) is 9.59 Å². The van der Waals surface area contributed by atoms with Crippen molar-refractivity contribution in [1.29, 1.82) is 0 Å². The lowest BCUT2D eigenvalue weighted by Gasteiger charge is -2.11. The van der Waals surface area contributed by atoms with E-state index in [0.29, 0.717) is 21.5 Å². The third-order valence-electron chi connectivity index (χ3n) is 3.80. The van der Waals surface area contributed by atoms with E-state index in [4.69, 9.17) is 9.47 Å². The number of methoxy groups -OCH3 is 2. The lowest BCUT2D eigenvalue weighted by atomic mass is 10.1. The first kappa shape index (κ1) is 21.2. The molecule has 9 heteroatoms. The smallest absolute Gasteiger partial charge is 0.252 e. The van der Waals surface area contributed by atoms with E-state index in [0.717, 1.165) is 0 Å². The summed E-state index contributed by atoms with van der Waals surface area (Å²) in [5, 5.41) is 16.3. The van der Waals surface area contributed by atoms with Crippen molar-refractivity contribution in [1.82, 2.24) is 5.43 Å². The van der Waals surface area contributed by atoms with Gasteiger partial charge in [-0.15, -0.1) is 0 Å². The molecule has 0 radical (unpaired) electrons. The Bertz CT molecular complexity index is 884. The molecule has 0 aliphatic heterocycles. The number of carbonyl (C=O) groups is 2. The normalized spacial score (nSPS) is 11.7. The standard InChI is InChI=1S/C19H20BrN3O5/c1-11(18(25)22-13-4-6-14(27-2)7-5-13)19(26)23-21-10-12-8-15(20)17(24)16(9-12)28-3/h4-11,24H,1-3H3,(H,22,25)(H,23,26)/b21-10+. The van der Waals surface area contributed by atoms with Crippen molar-refractivity contribution in [3.05, 3.63) is 46.4 Å². The molecule has 0 saturated carbocycles. The molecule has 0 aliphatic carbocycles. The molecule has 28 heavy (non-hydrogen) atoms. The number of aromatic hydroxyl groups is 1. The molecular weight excluding hydrogens is 430 g/mol. The van der Waals surface area contributed by atoms with Gasteiger partial charge in [0, 0.05) is 5.69 Å².